The van der Waals surface area contributed by atoms with Crippen molar-refractivity contribution >= 4 is 17.6 Å². The summed E-state index contributed by atoms with van der Waals surface area (Å²) in [6, 6.07) is 6.63. The van der Waals surface area contributed by atoms with Gasteiger partial charge >= 0.3 is 0 Å². The van der Waals surface area contributed by atoms with E-state index in [-0.39, 0.29) is 0 Å². The summed E-state index contributed by atoms with van der Waals surface area (Å²) in [5.41, 5.74) is 3.06. The van der Waals surface area contributed by atoms with E-state index in [0.717, 1.165) is 30.4 Å². The Morgan fingerprint density at radius 3 is 2.72 bits per heavy atom. The van der Waals surface area contributed by atoms with Crippen molar-refractivity contribution in [1.82, 2.24) is 4.57 Å². The Hall–Kier alpha value is -1.35. The Morgan fingerprint density at radius 1 is 1.44 bits per heavy atom. The molecule has 18 heavy (non-hydrogen) atoms. The first-order valence-electron chi connectivity index (χ1n) is 6.36. The lowest BCUT2D eigenvalue weighted by molar-refractivity contribution is 0.112. The van der Waals surface area contributed by atoms with Crippen LogP contribution in [0.1, 0.15) is 52.4 Å². The first kappa shape index (κ1) is 13.1. The summed E-state index contributed by atoms with van der Waals surface area (Å²) >= 11 is 1.79. The normalized spacial score (nSPS) is 12.6. The van der Waals surface area contributed by atoms with Crippen LogP contribution in [0.5, 0.6) is 0 Å². The molecule has 0 aliphatic carbocycles. The zero-order chi connectivity index (χ0) is 13.1. The average molecular weight is 261 g/mol. The molecule has 0 fully saturated rings. The first-order chi connectivity index (χ1) is 8.69. The minimum atomic E-state index is 0.365. The summed E-state index contributed by atoms with van der Waals surface area (Å²) in [4.78, 5) is 12.4. The smallest absolute Gasteiger partial charge is 0.151 e. The maximum atomic E-state index is 11.0. The van der Waals surface area contributed by atoms with Gasteiger partial charge in [-0.15, -0.1) is 11.3 Å². The fourth-order valence-electron chi connectivity index (χ4n) is 2.55. The molecule has 96 valence electrons. The topological polar surface area (TPSA) is 22.0 Å². The van der Waals surface area contributed by atoms with Crippen molar-refractivity contribution < 1.29 is 4.79 Å². The maximum absolute atomic E-state index is 11.0. The number of hydrogen-bond acceptors (Lipinski definition) is 2. The van der Waals surface area contributed by atoms with E-state index >= 15 is 0 Å². The number of carbonyl (C=O) groups is 1. The van der Waals surface area contributed by atoms with Crippen molar-refractivity contribution in [2.24, 2.45) is 0 Å². The van der Waals surface area contributed by atoms with Crippen molar-refractivity contribution in [1.29, 1.82) is 0 Å². The molecular formula is C15H19NOS. The van der Waals surface area contributed by atoms with Crippen molar-refractivity contribution in [2.75, 3.05) is 0 Å². The van der Waals surface area contributed by atoms with Crippen LogP contribution in [0.4, 0.5) is 0 Å². The molecule has 2 aromatic rings. The third-order valence-corrected chi connectivity index (χ3v) is 4.37. The van der Waals surface area contributed by atoms with Crippen LogP contribution in [0.15, 0.2) is 23.6 Å². The van der Waals surface area contributed by atoms with E-state index < -0.39 is 0 Å². The summed E-state index contributed by atoms with van der Waals surface area (Å²) in [6.45, 7) is 6.32. The van der Waals surface area contributed by atoms with Gasteiger partial charge in [0.1, 0.15) is 0 Å². The molecule has 0 N–H and O–H groups in total. The van der Waals surface area contributed by atoms with E-state index in [1.807, 2.05) is 13.0 Å². The van der Waals surface area contributed by atoms with Gasteiger partial charge in [0.05, 0.1) is 6.04 Å². The van der Waals surface area contributed by atoms with Gasteiger partial charge in [0.15, 0.2) is 6.29 Å². The van der Waals surface area contributed by atoms with Crippen LogP contribution in [0.3, 0.4) is 0 Å². The zero-order valence-corrected chi connectivity index (χ0v) is 12.0. The van der Waals surface area contributed by atoms with Gasteiger partial charge in [-0.05, 0) is 37.8 Å². The molecule has 0 radical (unpaired) electrons. The molecule has 3 heteroatoms. The van der Waals surface area contributed by atoms with Gasteiger partial charge in [-0.2, -0.15) is 0 Å². The van der Waals surface area contributed by atoms with E-state index in [9.17, 15) is 4.79 Å². The lowest BCUT2D eigenvalue weighted by Gasteiger charge is -2.21. The summed E-state index contributed by atoms with van der Waals surface area (Å²) in [5, 5.41) is 2.12. The van der Waals surface area contributed by atoms with E-state index in [4.69, 9.17) is 0 Å². The summed E-state index contributed by atoms with van der Waals surface area (Å²) in [7, 11) is 0. The minimum Gasteiger partial charge on any atom is -0.340 e. The molecule has 1 atom stereocenters. The lowest BCUT2D eigenvalue weighted by atomic mass is 10.1. The second-order valence-corrected chi connectivity index (χ2v) is 5.61. The molecule has 2 heterocycles. The fourth-order valence-corrected chi connectivity index (χ4v) is 3.41. The SMILES string of the molecule is CCCC(c1cccs1)n1c(C)cc(C=O)c1C. The molecule has 0 bridgehead atoms. The molecule has 2 aromatic heterocycles. The molecule has 0 saturated heterocycles. The molecule has 0 amide bonds. The van der Waals surface area contributed by atoms with Crippen molar-refractivity contribution in [2.45, 2.75) is 39.7 Å². The van der Waals surface area contributed by atoms with Gasteiger partial charge < -0.3 is 4.57 Å². The standard InChI is InChI=1S/C15H19NOS/c1-4-6-14(15-7-5-8-18-15)16-11(2)9-13(10-17)12(16)3/h5,7-10,14H,4,6H2,1-3H3. The third kappa shape index (κ3) is 2.27. The zero-order valence-electron chi connectivity index (χ0n) is 11.1. The number of aromatic nitrogens is 1. The monoisotopic (exact) mass is 261 g/mol. The number of carbonyl (C=O) groups excluding carboxylic acids is 1. The van der Waals surface area contributed by atoms with Gasteiger partial charge in [0.25, 0.3) is 0 Å². The first-order valence-corrected chi connectivity index (χ1v) is 7.24. The van der Waals surface area contributed by atoms with Crippen LogP contribution >= 0.6 is 11.3 Å². The Bertz CT molecular complexity index is 525. The average Bonchev–Trinajstić information content (AvgIpc) is 2.96. The highest BCUT2D eigenvalue weighted by molar-refractivity contribution is 7.10. The highest BCUT2D eigenvalue weighted by atomic mass is 32.1. The second kappa shape index (κ2) is 5.53. The fraction of sp³-hybridized carbons (Fsp3) is 0.400. The van der Waals surface area contributed by atoms with Crippen molar-refractivity contribution in [3.8, 4) is 0 Å². The number of hydrogen-bond donors (Lipinski definition) is 0. The van der Waals surface area contributed by atoms with Gasteiger partial charge in [-0.1, -0.05) is 19.4 Å². The van der Waals surface area contributed by atoms with E-state index in [0.29, 0.717) is 6.04 Å². The molecule has 1 unspecified atom stereocenters. The molecular weight excluding hydrogens is 242 g/mol. The molecule has 2 nitrogen and oxygen atoms in total. The largest absolute Gasteiger partial charge is 0.340 e. The third-order valence-electron chi connectivity index (χ3n) is 3.40. The van der Waals surface area contributed by atoms with Crippen LogP contribution in [-0.4, -0.2) is 10.9 Å². The number of aldehydes is 1. The summed E-state index contributed by atoms with van der Waals surface area (Å²) in [6.07, 6.45) is 3.20. The number of aryl methyl sites for hydroxylation is 1. The Kier molecular flexibility index (Phi) is 4.02. The quantitative estimate of drug-likeness (QED) is 0.733. The van der Waals surface area contributed by atoms with Crippen LogP contribution in [0.25, 0.3) is 0 Å². The van der Waals surface area contributed by atoms with Gasteiger partial charge in [-0.3, -0.25) is 4.79 Å². The van der Waals surface area contributed by atoms with Gasteiger partial charge in [0.2, 0.25) is 0 Å². The number of rotatable bonds is 5. The van der Waals surface area contributed by atoms with Crippen molar-refractivity contribution in [3.05, 3.63) is 45.4 Å². The lowest BCUT2D eigenvalue weighted by Crippen LogP contribution is -2.12. The number of nitrogens with zero attached hydrogens (tertiary/aromatic N) is 1. The van der Waals surface area contributed by atoms with E-state index in [2.05, 4.69) is 35.9 Å². The highest BCUT2D eigenvalue weighted by Crippen LogP contribution is 2.31. The van der Waals surface area contributed by atoms with Gasteiger partial charge in [0, 0.05) is 21.8 Å². The molecule has 0 saturated carbocycles. The molecule has 0 aliphatic rings. The summed E-state index contributed by atoms with van der Waals surface area (Å²) < 4.78 is 2.30. The molecule has 2 rings (SSSR count). The van der Waals surface area contributed by atoms with E-state index in [1.54, 1.807) is 11.3 Å². The predicted octanol–water partition coefficient (Wildman–Crippen LogP) is 4.37. The number of thiophene rings is 1. The Balaban J connectivity index is 2.49. The maximum Gasteiger partial charge on any atom is 0.151 e. The molecule has 0 spiro atoms. The Labute approximate surface area is 112 Å². The minimum absolute atomic E-state index is 0.365. The van der Waals surface area contributed by atoms with Gasteiger partial charge in [-0.25, -0.2) is 0 Å². The predicted molar refractivity (Wildman–Crippen MR) is 76.7 cm³/mol. The van der Waals surface area contributed by atoms with E-state index in [1.165, 1.54) is 10.6 Å². The molecule has 0 aliphatic heterocycles. The second-order valence-electron chi connectivity index (χ2n) is 4.63. The highest BCUT2D eigenvalue weighted by Gasteiger charge is 2.19. The van der Waals surface area contributed by atoms with Crippen molar-refractivity contribution in [3.63, 3.8) is 0 Å². The van der Waals surface area contributed by atoms with Crippen LogP contribution in [0, 0.1) is 13.8 Å². The van der Waals surface area contributed by atoms with Crippen LogP contribution in [0.2, 0.25) is 0 Å². The Morgan fingerprint density at radius 2 is 2.22 bits per heavy atom. The summed E-state index contributed by atoms with van der Waals surface area (Å²) in [5.74, 6) is 0. The van der Waals surface area contributed by atoms with Crippen LogP contribution in [-0.2, 0) is 0 Å². The van der Waals surface area contributed by atoms with Crippen LogP contribution < -0.4 is 0 Å². The molecule has 0 aromatic carbocycles.